The number of rotatable bonds is 3. The molecule has 3 N–H and O–H groups in total. The van der Waals surface area contributed by atoms with E-state index in [-0.39, 0.29) is 0 Å². The third-order valence-electron chi connectivity index (χ3n) is 2.36. The number of anilines is 2. The highest BCUT2D eigenvalue weighted by Crippen LogP contribution is 2.22. The lowest BCUT2D eigenvalue weighted by atomic mass is 10.2. The van der Waals surface area contributed by atoms with Crippen molar-refractivity contribution in [2.75, 3.05) is 11.1 Å². The summed E-state index contributed by atoms with van der Waals surface area (Å²) in [5.41, 5.74) is 4.94. The molecule has 7 heteroatoms. The molecule has 2 heterocycles. The van der Waals surface area contributed by atoms with Crippen LogP contribution in [0.1, 0.15) is 20.8 Å². The van der Waals surface area contributed by atoms with Crippen molar-refractivity contribution in [1.29, 1.82) is 0 Å². The van der Waals surface area contributed by atoms with Crippen molar-refractivity contribution in [2.45, 2.75) is 26.4 Å². The van der Waals surface area contributed by atoms with E-state index in [2.05, 4.69) is 15.3 Å². The van der Waals surface area contributed by atoms with Crippen molar-refractivity contribution in [3.05, 3.63) is 36.7 Å². The molecule has 2 aromatic rings. The molecule has 2 aromatic heterocycles. The van der Waals surface area contributed by atoms with E-state index < -0.39 is 11.7 Å². The summed E-state index contributed by atoms with van der Waals surface area (Å²) < 4.78 is 10.8. The van der Waals surface area contributed by atoms with Gasteiger partial charge in [-0.05, 0) is 39.0 Å². The number of aromatic nitrogens is 2. The fourth-order valence-corrected chi connectivity index (χ4v) is 1.54. The second kappa shape index (κ2) is 6.30. The first kappa shape index (κ1) is 15.6. The number of amides is 1. The van der Waals surface area contributed by atoms with Gasteiger partial charge in [-0.15, -0.1) is 0 Å². The predicted molar refractivity (Wildman–Crippen MR) is 82.8 cm³/mol. The van der Waals surface area contributed by atoms with Crippen molar-refractivity contribution in [3.8, 4) is 11.5 Å². The normalized spacial score (nSPS) is 10.9. The van der Waals surface area contributed by atoms with E-state index in [0.717, 1.165) is 0 Å². The van der Waals surface area contributed by atoms with E-state index in [1.165, 1.54) is 12.4 Å². The van der Waals surface area contributed by atoms with Crippen LogP contribution in [0.3, 0.4) is 0 Å². The van der Waals surface area contributed by atoms with Gasteiger partial charge in [-0.2, -0.15) is 0 Å². The highest BCUT2D eigenvalue weighted by molar-refractivity contribution is 5.83. The van der Waals surface area contributed by atoms with E-state index in [1.807, 2.05) is 0 Å². The maximum atomic E-state index is 11.7. The molecule has 0 fully saturated rings. The molecule has 116 valence electrons. The Bertz CT molecular complexity index is 651. The zero-order chi connectivity index (χ0) is 16.2. The minimum atomic E-state index is -0.577. The fraction of sp³-hybridized carbons (Fsp3) is 0.267. The zero-order valence-electron chi connectivity index (χ0n) is 12.7. The summed E-state index contributed by atoms with van der Waals surface area (Å²) in [6.45, 7) is 5.36. The zero-order valence-corrected chi connectivity index (χ0v) is 12.7. The highest BCUT2D eigenvalue weighted by Gasteiger charge is 2.16. The number of nitrogens with one attached hydrogen (secondary N) is 1. The number of nitrogen functional groups attached to an aromatic ring is 1. The first-order valence-corrected chi connectivity index (χ1v) is 6.67. The Labute approximate surface area is 128 Å². The van der Waals surface area contributed by atoms with E-state index in [1.54, 1.807) is 45.0 Å². The van der Waals surface area contributed by atoms with Crippen LogP contribution in [-0.4, -0.2) is 21.7 Å². The smallest absolute Gasteiger partial charge is 0.413 e. The quantitative estimate of drug-likeness (QED) is 0.903. The van der Waals surface area contributed by atoms with Crippen molar-refractivity contribution in [2.24, 2.45) is 0 Å². The molecule has 0 aliphatic heterocycles. The Balaban J connectivity index is 2.03. The Kier molecular flexibility index (Phi) is 4.45. The van der Waals surface area contributed by atoms with Gasteiger partial charge in [-0.25, -0.2) is 14.8 Å². The number of ether oxygens (including phenoxy) is 2. The first-order chi connectivity index (χ1) is 10.3. The Hall–Kier alpha value is -2.83. The van der Waals surface area contributed by atoms with E-state index in [9.17, 15) is 4.79 Å². The SMILES string of the molecule is CC(C)(C)OC(=O)Nc1cc(Oc2ccc(N)nc2)ccn1. The Morgan fingerprint density at radius 2 is 1.95 bits per heavy atom. The maximum Gasteiger partial charge on any atom is 0.413 e. The molecule has 7 nitrogen and oxygen atoms in total. The summed E-state index contributed by atoms with van der Waals surface area (Å²) in [5, 5.41) is 2.55. The summed E-state index contributed by atoms with van der Waals surface area (Å²) >= 11 is 0. The molecule has 0 saturated carbocycles. The van der Waals surface area contributed by atoms with Gasteiger partial charge in [0.15, 0.2) is 0 Å². The minimum Gasteiger partial charge on any atom is -0.456 e. The van der Waals surface area contributed by atoms with Crippen LogP contribution in [0.4, 0.5) is 16.4 Å². The second-order valence-electron chi connectivity index (χ2n) is 5.52. The van der Waals surface area contributed by atoms with Gasteiger partial charge in [0, 0.05) is 12.3 Å². The van der Waals surface area contributed by atoms with E-state index in [0.29, 0.717) is 23.1 Å². The molecule has 22 heavy (non-hydrogen) atoms. The molecule has 2 rings (SSSR count). The Morgan fingerprint density at radius 1 is 1.18 bits per heavy atom. The lowest BCUT2D eigenvalue weighted by molar-refractivity contribution is 0.0635. The van der Waals surface area contributed by atoms with Crippen LogP contribution in [0.25, 0.3) is 0 Å². The van der Waals surface area contributed by atoms with Crippen molar-refractivity contribution < 1.29 is 14.3 Å². The molecule has 0 aliphatic rings. The van der Waals surface area contributed by atoms with Crippen molar-refractivity contribution in [1.82, 2.24) is 9.97 Å². The largest absolute Gasteiger partial charge is 0.456 e. The number of hydrogen-bond acceptors (Lipinski definition) is 6. The Morgan fingerprint density at radius 3 is 2.59 bits per heavy atom. The van der Waals surface area contributed by atoms with Gasteiger partial charge in [0.2, 0.25) is 0 Å². The molecule has 0 saturated heterocycles. The summed E-state index contributed by atoms with van der Waals surface area (Å²) in [4.78, 5) is 19.7. The molecule has 0 bridgehead atoms. The van der Waals surface area contributed by atoms with E-state index >= 15 is 0 Å². The maximum absolute atomic E-state index is 11.7. The topological polar surface area (TPSA) is 99.4 Å². The molecular formula is C15H18N4O3. The lowest BCUT2D eigenvalue weighted by Gasteiger charge is -2.19. The van der Waals surface area contributed by atoms with Crippen molar-refractivity contribution >= 4 is 17.7 Å². The number of carbonyl (C=O) groups is 1. The molecule has 1 amide bonds. The van der Waals surface area contributed by atoms with Crippen LogP contribution in [0, 0.1) is 0 Å². The van der Waals surface area contributed by atoms with Gasteiger partial charge < -0.3 is 15.2 Å². The average Bonchev–Trinajstić information content (AvgIpc) is 2.39. The molecule has 0 unspecified atom stereocenters. The summed E-state index contributed by atoms with van der Waals surface area (Å²) in [6.07, 6.45) is 2.45. The summed E-state index contributed by atoms with van der Waals surface area (Å²) in [7, 11) is 0. The standard InChI is InChI=1S/C15H18N4O3/c1-15(2,3)22-14(20)19-13-8-10(6-7-17-13)21-11-4-5-12(16)18-9-11/h4-9H,1-3H3,(H2,16,18)(H,17,19,20). The van der Waals surface area contributed by atoms with Crippen molar-refractivity contribution in [3.63, 3.8) is 0 Å². The van der Waals surface area contributed by atoms with Crippen LogP contribution >= 0.6 is 0 Å². The lowest BCUT2D eigenvalue weighted by Crippen LogP contribution is -2.27. The van der Waals surface area contributed by atoms with Crippen LogP contribution in [0.5, 0.6) is 11.5 Å². The third kappa shape index (κ3) is 4.93. The molecule has 0 aromatic carbocycles. The van der Waals surface area contributed by atoms with Gasteiger partial charge in [0.1, 0.15) is 28.7 Å². The van der Waals surface area contributed by atoms with Crippen LogP contribution < -0.4 is 15.8 Å². The third-order valence-corrected chi connectivity index (χ3v) is 2.36. The number of hydrogen-bond donors (Lipinski definition) is 2. The second-order valence-corrected chi connectivity index (χ2v) is 5.52. The predicted octanol–water partition coefficient (Wildman–Crippen LogP) is 3.20. The summed E-state index contributed by atoms with van der Waals surface area (Å²) in [6, 6.07) is 6.58. The molecule has 0 radical (unpaired) electrons. The minimum absolute atomic E-state index is 0.329. The first-order valence-electron chi connectivity index (χ1n) is 6.67. The van der Waals surface area contributed by atoms with Gasteiger partial charge in [-0.3, -0.25) is 5.32 Å². The average molecular weight is 302 g/mol. The number of nitrogens with zero attached hydrogens (tertiary/aromatic N) is 2. The van der Waals surface area contributed by atoms with Gasteiger partial charge in [0.25, 0.3) is 0 Å². The van der Waals surface area contributed by atoms with Crippen LogP contribution in [0.2, 0.25) is 0 Å². The number of carbonyl (C=O) groups excluding carboxylic acids is 1. The van der Waals surface area contributed by atoms with E-state index in [4.69, 9.17) is 15.2 Å². The van der Waals surface area contributed by atoms with Gasteiger partial charge in [0.05, 0.1) is 6.20 Å². The number of nitrogens with two attached hydrogens (primary N) is 1. The van der Waals surface area contributed by atoms with Crippen LogP contribution in [-0.2, 0) is 4.74 Å². The molecule has 0 spiro atoms. The summed E-state index contributed by atoms with van der Waals surface area (Å²) in [5.74, 6) is 1.78. The monoisotopic (exact) mass is 302 g/mol. The molecule has 0 atom stereocenters. The molecular weight excluding hydrogens is 284 g/mol. The van der Waals surface area contributed by atoms with Crippen LogP contribution in [0.15, 0.2) is 36.7 Å². The fourth-order valence-electron chi connectivity index (χ4n) is 1.54. The number of pyridine rings is 2. The van der Waals surface area contributed by atoms with Gasteiger partial charge in [-0.1, -0.05) is 0 Å². The highest BCUT2D eigenvalue weighted by atomic mass is 16.6. The van der Waals surface area contributed by atoms with Gasteiger partial charge >= 0.3 is 6.09 Å². The molecule has 0 aliphatic carbocycles.